The van der Waals surface area contributed by atoms with E-state index in [0.29, 0.717) is 24.7 Å². The van der Waals surface area contributed by atoms with E-state index in [4.69, 9.17) is 9.15 Å². The van der Waals surface area contributed by atoms with Crippen LogP contribution >= 0.6 is 12.4 Å². The zero-order valence-electron chi connectivity index (χ0n) is 16.6. The van der Waals surface area contributed by atoms with Crippen LogP contribution in [0.2, 0.25) is 0 Å². The van der Waals surface area contributed by atoms with Gasteiger partial charge in [0.2, 0.25) is 0 Å². The zero-order chi connectivity index (χ0) is 19.1. The van der Waals surface area contributed by atoms with Gasteiger partial charge in [-0.1, -0.05) is 17.7 Å². The van der Waals surface area contributed by atoms with E-state index in [1.54, 1.807) is 12.1 Å². The fourth-order valence-electron chi connectivity index (χ4n) is 3.21. The van der Waals surface area contributed by atoms with Crippen LogP contribution in [0.5, 0.6) is 5.75 Å². The Morgan fingerprint density at radius 3 is 2.75 bits per heavy atom. The summed E-state index contributed by atoms with van der Waals surface area (Å²) in [4.78, 5) is 14.6. The number of halogens is 1. The molecule has 7 heteroatoms. The molecule has 1 aliphatic rings. The number of ether oxygens (including phenoxy) is 1. The summed E-state index contributed by atoms with van der Waals surface area (Å²) in [6, 6.07) is 9.55. The summed E-state index contributed by atoms with van der Waals surface area (Å²) in [5.41, 5.74) is 2.29. The van der Waals surface area contributed by atoms with Gasteiger partial charge in [0.15, 0.2) is 5.76 Å². The Bertz CT molecular complexity index is 757. The highest BCUT2D eigenvalue weighted by atomic mass is 35.5. The first-order valence-corrected chi connectivity index (χ1v) is 9.62. The molecule has 0 unspecified atom stereocenters. The fraction of sp³-hybridized carbons (Fsp3) is 0.476. The number of carbonyl (C=O) groups excluding carboxylic acids is 1. The molecule has 3 rings (SSSR count). The third-order valence-electron chi connectivity index (χ3n) is 4.73. The van der Waals surface area contributed by atoms with Gasteiger partial charge in [0.25, 0.3) is 5.91 Å². The standard InChI is InChI=1S/C21H29N3O3.ClH/c1-16-4-6-19(17(2)14-16)26-15-18-5-7-20(27-18)21(25)23-8-3-11-24-12-9-22-10-13-24;/h4-7,14,22H,3,8-13,15H2,1-2H3,(H,23,25);1H. The summed E-state index contributed by atoms with van der Waals surface area (Å²) in [7, 11) is 0. The Labute approximate surface area is 173 Å². The first kappa shape index (κ1) is 22.3. The molecule has 1 aliphatic heterocycles. The molecule has 2 heterocycles. The van der Waals surface area contributed by atoms with Gasteiger partial charge >= 0.3 is 0 Å². The molecule has 0 radical (unpaired) electrons. The number of hydrogen-bond acceptors (Lipinski definition) is 5. The summed E-state index contributed by atoms with van der Waals surface area (Å²) < 4.78 is 11.4. The third-order valence-corrected chi connectivity index (χ3v) is 4.73. The van der Waals surface area contributed by atoms with Crippen molar-refractivity contribution in [2.45, 2.75) is 26.9 Å². The second-order valence-corrected chi connectivity index (χ2v) is 7.02. The van der Waals surface area contributed by atoms with Crippen LogP contribution in [-0.2, 0) is 6.61 Å². The van der Waals surface area contributed by atoms with Crippen LogP contribution in [0.4, 0.5) is 0 Å². The number of aryl methyl sites for hydroxylation is 2. The Morgan fingerprint density at radius 1 is 1.21 bits per heavy atom. The number of nitrogens with one attached hydrogen (secondary N) is 2. The second-order valence-electron chi connectivity index (χ2n) is 7.02. The summed E-state index contributed by atoms with van der Waals surface area (Å²) >= 11 is 0. The highest BCUT2D eigenvalue weighted by molar-refractivity contribution is 5.91. The number of hydrogen-bond donors (Lipinski definition) is 2. The van der Waals surface area contributed by atoms with Crippen molar-refractivity contribution in [1.82, 2.24) is 15.5 Å². The first-order valence-electron chi connectivity index (χ1n) is 9.62. The first-order chi connectivity index (χ1) is 13.1. The van der Waals surface area contributed by atoms with Crippen molar-refractivity contribution < 1.29 is 13.9 Å². The lowest BCUT2D eigenvalue weighted by Crippen LogP contribution is -2.44. The Morgan fingerprint density at radius 2 is 2.00 bits per heavy atom. The normalized spacial score (nSPS) is 14.4. The lowest BCUT2D eigenvalue weighted by Gasteiger charge is -2.26. The van der Waals surface area contributed by atoms with Crippen LogP contribution in [0.3, 0.4) is 0 Å². The maximum atomic E-state index is 12.2. The van der Waals surface area contributed by atoms with Crippen molar-refractivity contribution in [3.63, 3.8) is 0 Å². The molecule has 0 saturated carbocycles. The van der Waals surface area contributed by atoms with Crippen LogP contribution in [0, 0.1) is 13.8 Å². The third kappa shape index (κ3) is 6.55. The number of amides is 1. The molecule has 1 saturated heterocycles. The summed E-state index contributed by atoms with van der Waals surface area (Å²) in [5.74, 6) is 1.63. The Kier molecular flexibility index (Phi) is 8.83. The smallest absolute Gasteiger partial charge is 0.286 e. The molecule has 2 N–H and O–H groups in total. The van der Waals surface area contributed by atoms with Crippen molar-refractivity contribution in [2.75, 3.05) is 39.3 Å². The van der Waals surface area contributed by atoms with Gasteiger partial charge in [-0.3, -0.25) is 4.79 Å². The van der Waals surface area contributed by atoms with E-state index >= 15 is 0 Å². The van der Waals surface area contributed by atoms with E-state index in [1.807, 2.05) is 19.1 Å². The summed E-state index contributed by atoms with van der Waals surface area (Å²) in [6.45, 7) is 10.3. The molecule has 6 nitrogen and oxygen atoms in total. The predicted octanol–water partition coefficient (Wildman–Crippen LogP) is 2.92. The molecule has 1 fully saturated rings. The maximum Gasteiger partial charge on any atom is 0.286 e. The molecule has 1 aromatic carbocycles. The van der Waals surface area contributed by atoms with Crippen molar-refractivity contribution in [1.29, 1.82) is 0 Å². The molecular formula is C21H30ClN3O3. The van der Waals surface area contributed by atoms with E-state index in [-0.39, 0.29) is 18.3 Å². The van der Waals surface area contributed by atoms with E-state index in [0.717, 1.165) is 50.5 Å². The number of benzene rings is 1. The van der Waals surface area contributed by atoms with Crippen LogP contribution in [0.25, 0.3) is 0 Å². The molecule has 2 aromatic rings. The number of furan rings is 1. The van der Waals surface area contributed by atoms with E-state index < -0.39 is 0 Å². The van der Waals surface area contributed by atoms with Gasteiger partial charge in [-0.25, -0.2) is 0 Å². The Balaban J connectivity index is 0.00000280. The topological polar surface area (TPSA) is 66.7 Å². The van der Waals surface area contributed by atoms with Crippen molar-refractivity contribution in [3.8, 4) is 5.75 Å². The summed E-state index contributed by atoms with van der Waals surface area (Å²) in [6.07, 6.45) is 0.940. The van der Waals surface area contributed by atoms with Gasteiger partial charge in [0.1, 0.15) is 18.1 Å². The fourth-order valence-corrected chi connectivity index (χ4v) is 3.21. The maximum absolute atomic E-state index is 12.2. The van der Waals surface area contributed by atoms with E-state index in [2.05, 4.69) is 28.5 Å². The molecular weight excluding hydrogens is 378 g/mol. The molecule has 1 amide bonds. The average molecular weight is 408 g/mol. The van der Waals surface area contributed by atoms with Gasteiger partial charge in [0, 0.05) is 32.7 Å². The van der Waals surface area contributed by atoms with Gasteiger partial charge < -0.3 is 24.7 Å². The number of piperazine rings is 1. The van der Waals surface area contributed by atoms with E-state index in [9.17, 15) is 4.79 Å². The monoisotopic (exact) mass is 407 g/mol. The molecule has 0 aliphatic carbocycles. The van der Waals surface area contributed by atoms with Crippen LogP contribution in [-0.4, -0.2) is 50.1 Å². The van der Waals surface area contributed by atoms with Gasteiger partial charge in [-0.2, -0.15) is 0 Å². The number of nitrogens with zero attached hydrogens (tertiary/aromatic N) is 1. The molecule has 1 aromatic heterocycles. The summed E-state index contributed by atoms with van der Waals surface area (Å²) in [5, 5.41) is 6.26. The molecule has 0 atom stereocenters. The molecule has 28 heavy (non-hydrogen) atoms. The Hall–Kier alpha value is -2.02. The minimum atomic E-state index is -0.173. The largest absolute Gasteiger partial charge is 0.485 e. The van der Waals surface area contributed by atoms with Crippen molar-refractivity contribution >= 4 is 18.3 Å². The average Bonchev–Trinajstić information content (AvgIpc) is 3.14. The number of carbonyl (C=O) groups is 1. The minimum Gasteiger partial charge on any atom is -0.485 e. The highest BCUT2D eigenvalue weighted by Crippen LogP contribution is 2.20. The van der Waals surface area contributed by atoms with Gasteiger partial charge in [0.05, 0.1) is 0 Å². The quantitative estimate of drug-likeness (QED) is 0.658. The number of rotatable bonds is 8. The predicted molar refractivity (Wildman–Crippen MR) is 112 cm³/mol. The van der Waals surface area contributed by atoms with Crippen molar-refractivity contribution in [3.05, 3.63) is 53.0 Å². The van der Waals surface area contributed by atoms with Crippen LogP contribution in [0.15, 0.2) is 34.7 Å². The van der Waals surface area contributed by atoms with Crippen LogP contribution in [0.1, 0.15) is 33.9 Å². The molecule has 154 valence electrons. The van der Waals surface area contributed by atoms with E-state index in [1.165, 1.54) is 5.56 Å². The zero-order valence-corrected chi connectivity index (χ0v) is 17.4. The molecule has 0 spiro atoms. The SMILES string of the molecule is Cc1ccc(OCc2ccc(C(=O)NCCCN3CCNCC3)o2)c(C)c1.Cl. The van der Waals surface area contributed by atoms with Crippen molar-refractivity contribution in [2.24, 2.45) is 0 Å². The van der Waals surface area contributed by atoms with Gasteiger partial charge in [-0.05, 0) is 50.6 Å². The lowest BCUT2D eigenvalue weighted by molar-refractivity contribution is 0.0919. The molecule has 0 bridgehead atoms. The highest BCUT2D eigenvalue weighted by Gasteiger charge is 2.12. The van der Waals surface area contributed by atoms with Crippen LogP contribution < -0.4 is 15.4 Å². The minimum absolute atomic E-state index is 0. The van der Waals surface area contributed by atoms with Gasteiger partial charge in [-0.15, -0.1) is 12.4 Å². The lowest BCUT2D eigenvalue weighted by atomic mass is 10.1. The second kappa shape index (κ2) is 11.1.